The Morgan fingerprint density at radius 3 is 1.53 bits per heavy atom. The molecule has 0 bridgehead atoms. The molecule has 0 amide bonds. The molecule has 0 spiro atoms. The van der Waals surface area contributed by atoms with Crippen molar-refractivity contribution < 1.29 is 56.0 Å². The molecule has 0 radical (unpaired) electrons. The number of benzene rings is 5. The van der Waals surface area contributed by atoms with Gasteiger partial charge in [0.1, 0.15) is 26.9 Å². The van der Waals surface area contributed by atoms with Crippen LogP contribution in [0.4, 0.5) is 62.6 Å². The van der Waals surface area contributed by atoms with E-state index in [-0.39, 0.29) is 28.4 Å². The Kier molecular flexibility index (Phi) is 11.2. The summed E-state index contributed by atoms with van der Waals surface area (Å²) < 4.78 is 66.2. The summed E-state index contributed by atoms with van der Waals surface area (Å²) in [6, 6.07) is 14.3. The van der Waals surface area contributed by atoms with Gasteiger partial charge in [-0.25, -0.2) is 0 Å². The zero-order valence-electron chi connectivity index (χ0n) is 27.7. The van der Waals surface area contributed by atoms with Crippen molar-refractivity contribution in [3.63, 3.8) is 0 Å². The molecule has 0 unspecified atom stereocenters. The number of azo groups is 3. The van der Waals surface area contributed by atoms with Gasteiger partial charge in [-0.15, -0.1) is 20.5 Å². The lowest BCUT2D eigenvalue weighted by atomic mass is 10.2. The lowest BCUT2D eigenvalue weighted by Crippen LogP contribution is -2.04. The summed E-state index contributed by atoms with van der Waals surface area (Å²) in [4.78, 5) is 29.0. The maximum absolute atomic E-state index is 11.9. The first-order valence-corrected chi connectivity index (χ1v) is 17.8. The fraction of sp³-hybridized carbons (Fsp3) is 0. The molecule has 57 heavy (non-hydrogen) atoms. The van der Waals surface area contributed by atoms with Gasteiger partial charge < -0.3 is 20.6 Å². The molecule has 27 heteroatoms. The van der Waals surface area contributed by atoms with E-state index in [4.69, 9.17) is 0 Å². The highest BCUT2D eigenvalue weighted by molar-refractivity contribution is 7.86. The van der Waals surface area contributed by atoms with Crippen molar-refractivity contribution in [2.75, 3.05) is 5.32 Å². The zero-order chi connectivity index (χ0) is 41.8. The van der Waals surface area contributed by atoms with Gasteiger partial charge in [0.2, 0.25) is 5.75 Å². The molecule has 25 nitrogen and oxygen atoms in total. The Morgan fingerprint density at radius 2 is 1.02 bits per heavy atom. The van der Waals surface area contributed by atoms with Gasteiger partial charge in [-0.1, -0.05) is 0 Å². The van der Waals surface area contributed by atoms with Gasteiger partial charge in [-0.3, -0.25) is 39.4 Å². The van der Waals surface area contributed by atoms with Crippen LogP contribution in [0.1, 0.15) is 0 Å². The molecule has 0 aromatic heterocycles. The molecule has 0 saturated carbocycles. The number of aromatic hydroxyl groups is 3. The summed E-state index contributed by atoms with van der Waals surface area (Å²) in [5, 5.41) is 91.3. The van der Waals surface area contributed by atoms with Gasteiger partial charge in [-0.2, -0.15) is 27.1 Å². The molecular formula is C30H20N10O15S2. The van der Waals surface area contributed by atoms with Crippen LogP contribution in [0.3, 0.4) is 0 Å². The maximum Gasteiger partial charge on any atom is 0.314 e. The van der Waals surface area contributed by atoms with Crippen LogP contribution in [0.2, 0.25) is 0 Å². The predicted octanol–water partition coefficient (Wildman–Crippen LogP) is 8.01. The average Bonchev–Trinajstić information content (AvgIpc) is 3.14. The molecular weight excluding hydrogens is 805 g/mol. The Labute approximate surface area is 316 Å². The van der Waals surface area contributed by atoms with Gasteiger partial charge in [0.15, 0.2) is 17.2 Å². The quantitative estimate of drug-likeness (QED) is 0.0283. The van der Waals surface area contributed by atoms with E-state index in [2.05, 4.69) is 36.0 Å². The number of nitrogens with one attached hydrogen (secondary N) is 1. The molecule has 0 fully saturated rings. The SMILES string of the molecule is O=[N+]([O-])c1ccc(N=Nc2cc(N=Nc3cc(S(=O)(=O)O)cc([N+](=O)[O-])c3O)c(O)c(N=Nc3ccc(Nc4ccc([N+](=O)[O-])cc4S(=O)(=O)O)cc3)c2O)cc1. The maximum atomic E-state index is 11.9. The molecule has 5 aromatic carbocycles. The van der Waals surface area contributed by atoms with E-state index in [9.17, 15) is 71.6 Å². The van der Waals surface area contributed by atoms with E-state index in [0.717, 1.165) is 30.3 Å². The van der Waals surface area contributed by atoms with Crippen LogP contribution in [0.15, 0.2) is 125 Å². The average molecular weight is 825 g/mol. The van der Waals surface area contributed by atoms with Crippen molar-refractivity contribution in [1.82, 2.24) is 0 Å². The zero-order valence-corrected chi connectivity index (χ0v) is 29.4. The summed E-state index contributed by atoms with van der Waals surface area (Å²) in [6.45, 7) is 0. The first-order chi connectivity index (χ1) is 26.7. The van der Waals surface area contributed by atoms with Gasteiger partial charge in [0.05, 0.1) is 31.8 Å². The van der Waals surface area contributed by atoms with Crippen molar-refractivity contribution in [3.05, 3.63) is 115 Å². The number of phenolic OH excluding ortho intramolecular Hbond substituents is 3. The van der Waals surface area contributed by atoms with Gasteiger partial charge in [-0.05, 0) is 48.5 Å². The molecule has 6 N–H and O–H groups in total. The molecule has 0 aliphatic rings. The van der Waals surface area contributed by atoms with E-state index in [1.165, 1.54) is 36.4 Å². The highest BCUT2D eigenvalue weighted by Crippen LogP contribution is 2.51. The Bertz CT molecular complexity index is 2780. The van der Waals surface area contributed by atoms with E-state index in [1.54, 1.807) is 0 Å². The Hall–Kier alpha value is -7.88. The number of hydrogen-bond donors (Lipinski definition) is 6. The monoisotopic (exact) mass is 824 g/mol. The number of nitro benzene ring substituents is 3. The number of phenols is 3. The summed E-state index contributed by atoms with van der Waals surface area (Å²) in [7, 11) is -9.97. The standard InChI is InChI=1S/C30H20N10O15S2/c41-28-22(12-20(56(50,51)52)13-25(28)40(48)49)35-36-24-14-23(34-32-17-5-7-18(8-6-17)38(44)45)29(42)27(30(24)43)37-33-16-3-1-15(2-4-16)31-21-10-9-19(39(46)47)11-26(21)57(53,54)55/h1-14,31,41-43H,(H,50,51,52)(H,53,54,55). The second kappa shape index (κ2) is 15.8. The smallest absolute Gasteiger partial charge is 0.314 e. The summed E-state index contributed by atoms with van der Waals surface area (Å²) >= 11 is 0. The van der Waals surface area contributed by atoms with Gasteiger partial charge >= 0.3 is 5.69 Å². The minimum Gasteiger partial charge on any atom is -0.504 e. The Balaban J connectivity index is 1.54. The largest absolute Gasteiger partial charge is 0.504 e. The number of rotatable bonds is 13. The number of nitro groups is 3. The van der Waals surface area contributed by atoms with Crippen LogP contribution in [-0.2, 0) is 20.2 Å². The third-order valence-electron chi connectivity index (χ3n) is 7.21. The van der Waals surface area contributed by atoms with Crippen LogP contribution in [-0.4, -0.2) is 56.0 Å². The summed E-state index contributed by atoms with van der Waals surface area (Å²) in [5.74, 6) is -3.03. The van der Waals surface area contributed by atoms with Crippen LogP contribution < -0.4 is 5.32 Å². The molecule has 0 aliphatic heterocycles. The first-order valence-electron chi connectivity index (χ1n) is 14.9. The van der Waals surface area contributed by atoms with Gasteiger partial charge in [0.25, 0.3) is 31.6 Å². The molecule has 292 valence electrons. The van der Waals surface area contributed by atoms with E-state index >= 15 is 0 Å². The second-order valence-electron chi connectivity index (χ2n) is 11.0. The van der Waals surface area contributed by atoms with E-state index in [1.807, 2.05) is 0 Å². The van der Waals surface area contributed by atoms with Crippen molar-refractivity contribution in [3.8, 4) is 17.2 Å². The number of anilines is 2. The second-order valence-corrected chi connectivity index (χ2v) is 13.8. The molecule has 0 aliphatic carbocycles. The van der Waals surface area contributed by atoms with Crippen molar-refractivity contribution in [1.29, 1.82) is 0 Å². The normalized spacial score (nSPS) is 12.0. The highest BCUT2D eigenvalue weighted by atomic mass is 32.2. The minimum absolute atomic E-state index is 0.0263. The molecule has 0 heterocycles. The van der Waals surface area contributed by atoms with Crippen molar-refractivity contribution >= 4 is 82.8 Å². The molecule has 5 rings (SSSR count). The number of non-ortho nitro benzene ring substituents is 2. The van der Waals surface area contributed by atoms with E-state index in [0.29, 0.717) is 18.2 Å². The van der Waals surface area contributed by atoms with Crippen molar-refractivity contribution in [2.24, 2.45) is 30.7 Å². The fourth-order valence-corrected chi connectivity index (χ4v) is 5.68. The topological polar surface area (TPSA) is 385 Å². The molecule has 5 aromatic rings. The molecule has 0 saturated heterocycles. The Morgan fingerprint density at radius 1 is 0.526 bits per heavy atom. The minimum atomic E-state index is -5.07. The summed E-state index contributed by atoms with van der Waals surface area (Å²) in [5.41, 5.74) is -4.75. The van der Waals surface area contributed by atoms with E-state index < -0.39 is 96.2 Å². The predicted molar refractivity (Wildman–Crippen MR) is 193 cm³/mol. The number of hydrogen-bond acceptors (Lipinski definition) is 20. The van der Waals surface area contributed by atoms with Crippen LogP contribution in [0.5, 0.6) is 17.2 Å². The van der Waals surface area contributed by atoms with Gasteiger partial charge in [0, 0.05) is 42.1 Å². The highest BCUT2D eigenvalue weighted by Gasteiger charge is 2.25. The van der Waals surface area contributed by atoms with Crippen molar-refractivity contribution in [2.45, 2.75) is 9.79 Å². The molecule has 0 atom stereocenters. The lowest BCUT2D eigenvalue weighted by molar-refractivity contribution is -0.386. The third kappa shape index (κ3) is 9.44. The summed E-state index contributed by atoms with van der Waals surface area (Å²) in [6.07, 6.45) is 0. The lowest BCUT2D eigenvalue weighted by Gasteiger charge is -2.10. The van der Waals surface area contributed by atoms with Crippen LogP contribution >= 0.6 is 0 Å². The first kappa shape index (κ1) is 40.3. The third-order valence-corrected chi connectivity index (χ3v) is 8.93. The number of nitrogens with zero attached hydrogens (tertiary/aromatic N) is 9. The van der Waals surface area contributed by atoms with Crippen LogP contribution in [0, 0.1) is 30.3 Å². The fourth-order valence-electron chi connectivity index (χ4n) is 4.49. The van der Waals surface area contributed by atoms with Crippen LogP contribution in [0.25, 0.3) is 0 Å².